The molecule has 2 fully saturated rings. The third-order valence-corrected chi connectivity index (χ3v) is 6.49. The van der Waals surface area contributed by atoms with Gasteiger partial charge in [0.1, 0.15) is 11.6 Å². The van der Waals surface area contributed by atoms with Crippen LogP contribution in [0.4, 0.5) is 0 Å². The van der Waals surface area contributed by atoms with Gasteiger partial charge < -0.3 is 4.74 Å². The lowest BCUT2D eigenvalue weighted by molar-refractivity contribution is -0.155. The van der Waals surface area contributed by atoms with Crippen molar-refractivity contribution in [3.8, 4) is 0 Å². The van der Waals surface area contributed by atoms with Crippen molar-refractivity contribution in [2.24, 2.45) is 7.05 Å². The van der Waals surface area contributed by atoms with Crippen molar-refractivity contribution in [2.45, 2.75) is 64.6 Å². The van der Waals surface area contributed by atoms with Crippen molar-refractivity contribution in [1.29, 1.82) is 0 Å². The Hall–Kier alpha value is -2.98. The average Bonchev–Trinajstić information content (AvgIpc) is 3.30. The normalized spacial score (nSPS) is 19.9. The van der Waals surface area contributed by atoms with Gasteiger partial charge in [0.15, 0.2) is 0 Å². The summed E-state index contributed by atoms with van der Waals surface area (Å²) in [4.78, 5) is 53.4. The maximum atomic E-state index is 12.9. The molecule has 1 unspecified atom stereocenters. The summed E-state index contributed by atoms with van der Waals surface area (Å²) in [6.45, 7) is 9.92. The van der Waals surface area contributed by atoms with Crippen LogP contribution < -0.4 is 11.0 Å². The number of piperidine rings is 1. The van der Waals surface area contributed by atoms with E-state index in [1.807, 2.05) is 39.0 Å². The number of imidazole rings is 1. The maximum absolute atomic E-state index is 12.9. The summed E-state index contributed by atoms with van der Waals surface area (Å²) in [6, 6.07) is 5.21. The van der Waals surface area contributed by atoms with Crippen LogP contribution in [0.3, 0.4) is 0 Å². The standard InChI is InChI=1S/C25H35N5O5/c1-25(2,3)35-22(32)6-5-11-28-12-13-29(16-28)15-17-7-8-18-20(14-17)27(4)24(34)30(18)19-9-10-21(31)26-23(19)33/h7-8,14,19H,5-6,9-13,15-16H2,1-4H3,(H,26,31,33). The number of hydrogen-bond donors (Lipinski definition) is 1. The van der Waals surface area contributed by atoms with Crippen LogP contribution in [0.25, 0.3) is 11.0 Å². The molecule has 2 aliphatic heterocycles. The lowest BCUT2D eigenvalue weighted by Gasteiger charge is -2.22. The smallest absolute Gasteiger partial charge is 0.329 e. The first kappa shape index (κ1) is 25.1. The second-order valence-electron chi connectivity index (χ2n) is 10.5. The first-order valence-electron chi connectivity index (χ1n) is 12.2. The zero-order chi connectivity index (χ0) is 25.3. The van der Waals surface area contributed by atoms with Crippen LogP contribution in [0.5, 0.6) is 0 Å². The number of ether oxygens (including phenoxy) is 1. The third-order valence-electron chi connectivity index (χ3n) is 6.49. The molecule has 4 rings (SSSR count). The fourth-order valence-corrected chi connectivity index (χ4v) is 4.85. The number of fused-ring (bicyclic) bond motifs is 1. The molecular weight excluding hydrogens is 450 g/mol. The highest BCUT2D eigenvalue weighted by atomic mass is 16.6. The number of benzene rings is 1. The summed E-state index contributed by atoms with van der Waals surface area (Å²) in [5, 5.41) is 2.34. The molecule has 1 N–H and O–H groups in total. The van der Waals surface area contributed by atoms with Gasteiger partial charge in [-0.15, -0.1) is 0 Å². The molecule has 2 amide bonds. The fourth-order valence-electron chi connectivity index (χ4n) is 4.85. The van der Waals surface area contributed by atoms with E-state index in [-0.39, 0.29) is 24.0 Å². The predicted molar refractivity (Wildman–Crippen MR) is 131 cm³/mol. The molecular formula is C25H35N5O5. The van der Waals surface area contributed by atoms with Crippen LogP contribution in [0.1, 0.15) is 58.1 Å². The highest BCUT2D eigenvalue weighted by Gasteiger charge is 2.31. The lowest BCUT2D eigenvalue weighted by atomic mass is 10.1. The minimum absolute atomic E-state index is 0.156. The first-order chi connectivity index (χ1) is 16.5. The Morgan fingerprint density at radius 1 is 1.11 bits per heavy atom. The van der Waals surface area contributed by atoms with Gasteiger partial charge in [0.05, 0.1) is 17.7 Å². The molecule has 10 nitrogen and oxygen atoms in total. The number of carbonyl (C=O) groups is 3. The molecule has 3 heterocycles. The van der Waals surface area contributed by atoms with Crippen molar-refractivity contribution < 1.29 is 19.1 Å². The number of aryl methyl sites for hydroxylation is 1. The van der Waals surface area contributed by atoms with E-state index in [1.54, 1.807) is 11.6 Å². The second-order valence-corrected chi connectivity index (χ2v) is 10.5. The molecule has 1 aromatic heterocycles. The van der Waals surface area contributed by atoms with Crippen molar-refractivity contribution in [3.05, 3.63) is 34.2 Å². The number of esters is 1. The Bertz CT molecular complexity index is 1190. The predicted octanol–water partition coefficient (Wildman–Crippen LogP) is 1.51. The van der Waals surface area contributed by atoms with Crippen LogP contribution in [0, 0.1) is 0 Å². The Morgan fingerprint density at radius 3 is 2.57 bits per heavy atom. The summed E-state index contributed by atoms with van der Waals surface area (Å²) in [6.07, 6.45) is 1.73. The van der Waals surface area contributed by atoms with Gasteiger partial charge in [-0.05, 0) is 57.9 Å². The molecule has 2 aromatic rings. The molecule has 2 saturated heterocycles. The molecule has 0 aliphatic carbocycles. The van der Waals surface area contributed by atoms with Gasteiger partial charge in [0.2, 0.25) is 11.8 Å². The monoisotopic (exact) mass is 485 g/mol. The third kappa shape index (κ3) is 5.82. The Kier molecular flexibility index (Phi) is 7.14. The number of aromatic nitrogens is 2. The van der Waals surface area contributed by atoms with Crippen molar-refractivity contribution in [3.63, 3.8) is 0 Å². The molecule has 1 aromatic carbocycles. The number of hydrogen-bond acceptors (Lipinski definition) is 7. The number of nitrogens with one attached hydrogen (secondary N) is 1. The van der Waals surface area contributed by atoms with E-state index in [0.717, 1.165) is 50.3 Å². The number of carbonyl (C=O) groups excluding carboxylic acids is 3. The van der Waals surface area contributed by atoms with Gasteiger partial charge in [0.25, 0.3) is 0 Å². The highest BCUT2D eigenvalue weighted by molar-refractivity contribution is 6.00. The summed E-state index contributed by atoms with van der Waals surface area (Å²) in [5.74, 6) is -0.883. The summed E-state index contributed by atoms with van der Waals surface area (Å²) < 4.78 is 8.44. The molecule has 190 valence electrons. The number of nitrogens with zero attached hydrogens (tertiary/aromatic N) is 4. The molecule has 0 saturated carbocycles. The minimum atomic E-state index is -0.678. The topological polar surface area (TPSA) is 106 Å². The van der Waals surface area contributed by atoms with Gasteiger partial charge in [-0.3, -0.25) is 38.6 Å². The van der Waals surface area contributed by atoms with E-state index in [0.29, 0.717) is 18.4 Å². The van der Waals surface area contributed by atoms with Crippen LogP contribution in [-0.2, 0) is 32.7 Å². The van der Waals surface area contributed by atoms with Gasteiger partial charge in [-0.25, -0.2) is 4.79 Å². The van der Waals surface area contributed by atoms with Crippen LogP contribution in [0.15, 0.2) is 23.0 Å². The van der Waals surface area contributed by atoms with Gasteiger partial charge in [0, 0.05) is 39.5 Å². The number of rotatable bonds is 7. The Labute approximate surface area is 204 Å². The van der Waals surface area contributed by atoms with Crippen LogP contribution in [-0.4, -0.2) is 68.6 Å². The largest absolute Gasteiger partial charge is 0.460 e. The Balaban J connectivity index is 1.37. The zero-order valence-corrected chi connectivity index (χ0v) is 21.0. The van der Waals surface area contributed by atoms with E-state index in [4.69, 9.17) is 4.74 Å². The maximum Gasteiger partial charge on any atom is 0.329 e. The van der Waals surface area contributed by atoms with E-state index >= 15 is 0 Å². The number of imide groups is 1. The molecule has 1 atom stereocenters. The van der Waals surface area contributed by atoms with Crippen molar-refractivity contribution >= 4 is 28.8 Å². The van der Waals surface area contributed by atoms with Crippen molar-refractivity contribution in [2.75, 3.05) is 26.3 Å². The minimum Gasteiger partial charge on any atom is -0.460 e. The van der Waals surface area contributed by atoms with Gasteiger partial charge in [-0.2, -0.15) is 0 Å². The molecule has 0 radical (unpaired) electrons. The van der Waals surface area contributed by atoms with Gasteiger partial charge >= 0.3 is 11.7 Å². The fraction of sp³-hybridized carbons (Fsp3) is 0.600. The second kappa shape index (κ2) is 9.94. The van der Waals surface area contributed by atoms with Crippen molar-refractivity contribution in [1.82, 2.24) is 24.3 Å². The molecule has 2 aliphatic rings. The van der Waals surface area contributed by atoms with Gasteiger partial charge in [-0.1, -0.05) is 6.07 Å². The SMILES string of the molecule is Cn1c(=O)n(C2CCC(=O)NC2=O)c2ccc(CN3CCN(CCCC(=O)OC(C)(C)C)C3)cc21. The average molecular weight is 486 g/mol. The van der Waals surface area contributed by atoms with Crippen LogP contribution in [0.2, 0.25) is 0 Å². The van der Waals surface area contributed by atoms with E-state index < -0.39 is 17.6 Å². The quantitative estimate of drug-likeness (QED) is 0.468. The molecule has 0 spiro atoms. The zero-order valence-electron chi connectivity index (χ0n) is 21.0. The Morgan fingerprint density at radius 2 is 1.86 bits per heavy atom. The molecule has 35 heavy (non-hydrogen) atoms. The summed E-state index contributed by atoms with van der Waals surface area (Å²) in [5.41, 5.74) is 1.84. The highest BCUT2D eigenvalue weighted by Crippen LogP contribution is 2.24. The van der Waals surface area contributed by atoms with E-state index in [2.05, 4.69) is 15.1 Å². The summed E-state index contributed by atoms with van der Waals surface area (Å²) >= 11 is 0. The molecule has 10 heteroatoms. The first-order valence-corrected chi connectivity index (χ1v) is 12.2. The molecule has 0 bridgehead atoms. The summed E-state index contributed by atoms with van der Waals surface area (Å²) in [7, 11) is 1.71. The number of amides is 2. The van der Waals surface area contributed by atoms with Crippen LogP contribution >= 0.6 is 0 Å². The lowest BCUT2D eigenvalue weighted by Crippen LogP contribution is -2.44. The van der Waals surface area contributed by atoms with E-state index in [9.17, 15) is 19.2 Å². The van der Waals surface area contributed by atoms with E-state index in [1.165, 1.54) is 4.57 Å².